The molecule has 300 valence electrons. The molecule has 10 aromatic carbocycles. The van der Waals surface area contributed by atoms with Crippen LogP contribution in [0, 0.1) is 0 Å². The third-order valence-electron chi connectivity index (χ3n) is 12.7. The Labute approximate surface area is 373 Å². The molecule has 0 unspecified atom stereocenters. The number of benzene rings is 10. The fourth-order valence-corrected chi connectivity index (χ4v) is 11.0. The topological polar surface area (TPSA) is 29.5 Å². The van der Waals surface area contributed by atoms with Crippen molar-refractivity contribution < 1.29 is 8.83 Å². The average molecular weight is 836 g/mol. The number of rotatable bonds is 7. The Balaban J connectivity index is 1.14. The molecule has 13 aromatic rings. The quantitative estimate of drug-likeness (QED) is 0.160. The van der Waals surface area contributed by atoms with E-state index in [1.54, 1.807) is 0 Å². The standard InChI is InChI=1S/C60H37NO2S/c1-5-16-38(17-6-1)42-28-30-48-54(36-42)63-59-45(40-20-9-3-10-21-40)33-34-51(58(48)59)61(50-25-15-27-53-57(50)47-24-13-14-26-52(47)62-53)43-29-35-55-49(37-43)56-44(39-18-7-2-8-19-39)31-32-46(60(56)64-55)41-22-11-4-12-23-41/h1-37H. The van der Waals surface area contributed by atoms with Gasteiger partial charge in [-0.15, -0.1) is 11.3 Å². The minimum Gasteiger partial charge on any atom is -0.456 e. The number of nitrogens with zero attached hydrogens (tertiary/aromatic N) is 1. The lowest BCUT2D eigenvalue weighted by Crippen LogP contribution is -2.11. The van der Waals surface area contributed by atoms with Crippen LogP contribution in [0.1, 0.15) is 0 Å². The summed E-state index contributed by atoms with van der Waals surface area (Å²) in [6.45, 7) is 0. The maximum Gasteiger partial charge on any atom is 0.145 e. The van der Waals surface area contributed by atoms with E-state index in [0.29, 0.717) is 0 Å². The van der Waals surface area contributed by atoms with Crippen LogP contribution < -0.4 is 4.90 Å². The number of furan rings is 2. The molecule has 0 atom stereocenters. The summed E-state index contributed by atoms with van der Waals surface area (Å²) < 4.78 is 16.2. The van der Waals surface area contributed by atoms with Gasteiger partial charge < -0.3 is 13.7 Å². The third kappa shape index (κ3) is 5.81. The summed E-state index contributed by atoms with van der Waals surface area (Å²) in [5.74, 6) is 0. The number of hydrogen-bond acceptors (Lipinski definition) is 4. The molecule has 0 bridgehead atoms. The Hall–Kier alpha value is -8.18. The van der Waals surface area contributed by atoms with Crippen LogP contribution in [0.5, 0.6) is 0 Å². The Morgan fingerprint density at radius 2 is 0.922 bits per heavy atom. The third-order valence-corrected chi connectivity index (χ3v) is 13.9. The van der Waals surface area contributed by atoms with E-state index in [0.717, 1.165) is 83.2 Å². The van der Waals surface area contributed by atoms with E-state index in [2.05, 4.69) is 223 Å². The van der Waals surface area contributed by atoms with Crippen molar-refractivity contribution in [2.75, 3.05) is 4.90 Å². The van der Waals surface area contributed by atoms with Gasteiger partial charge in [-0.25, -0.2) is 0 Å². The fourth-order valence-electron chi connectivity index (χ4n) is 9.76. The summed E-state index contributed by atoms with van der Waals surface area (Å²) in [6.07, 6.45) is 0. The van der Waals surface area contributed by atoms with Gasteiger partial charge >= 0.3 is 0 Å². The van der Waals surface area contributed by atoms with E-state index in [1.807, 2.05) is 17.4 Å². The lowest BCUT2D eigenvalue weighted by molar-refractivity contribution is 0.669. The van der Waals surface area contributed by atoms with Crippen molar-refractivity contribution >= 4 is 92.4 Å². The van der Waals surface area contributed by atoms with Gasteiger partial charge in [0.2, 0.25) is 0 Å². The minimum absolute atomic E-state index is 0.839. The molecular formula is C60H37NO2S. The van der Waals surface area contributed by atoms with E-state index in [9.17, 15) is 0 Å². The average Bonchev–Trinajstić information content (AvgIpc) is 4.07. The summed E-state index contributed by atoms with van der Waals surface area (Å²) in [5, 5.41) is 6.70. The fraction of sp³-hybridized carbons (Fsp3) is 0. The van der Waals surface area contributed by atoms with Crippen molar-refractivity contribution in [1.29, 1.82) is 0 Å². The summed E-state index contributed by atoms with van der Waals surface area (Å²) >= 11 is 1.87. The first-order chi connectivity index (χ1) is 31.7. The molecule has 3 aromatic heterocycles. The largest absolute Gasteiger partial charge is 0.456 e. The monoisotopic (exact) mass is 835 g/mol. The molecule has 0 aliphatic carbocycles. The second-order valence-electron chi connectivity index (χ2n) is 16.3. The molecule has 3 nitrogen and oxygen atoms in total. The van der Waals surface area contributed by atoms with Gasteiger partial charge in [0.05, 0.1) is 22.1 Å². The van der Waals surface area contributed by atoms with E-state index in [-0.39, 0.29) is 0 Å². The van der Waals surface area contributed by atoms with E-state index in [4.69, 9.17) is 8.83 Å². The zero-order valence-corrected chi connectivity index (χ0v) is 35.4. The van der Waals surface area contributed by atoms with Crippen LogP contribution in [0.25, 0.3) is 109 Å². The number of hydrogen-bond donors (Lipinski definition) is 0. The lowest BCUT2D eigenvalue weighted by atomic mass is 9.94. The molecule has 0 radical (unpaired) electrons. The second-order valence-corrected chi connectivity index (χ2v) is 17.4. The van der Waals surface area contributed by atoms with Crippen LogP contribution in [0.2, 0.25) is 0 Å². The van der Waals surface area contributed by atoms with Gasteiger partial charge in [0.15, 0.2) is 0 Å². The second kappa shape index (κ2) is 14.7. The molecule has 0 N–H and O–H groups in total. The number of fused-ring (bicyclic) bond motifs is 9. The van der Waals surface area contributed by atoms with Crippen LogP contribution in [-0.4, -0.2) is 0 Å². The Morgan fingerprint density at radius 1 is 0.328 bits per heavy atom. The maximum absolute atomic E-state index is 7.10. The minimum atomic E-state index is 0.839. The first-order valence-electron chi connectivity index (χ1n) is 21.7. The first kappa shape index (κ1) is 36.5. The van der Waals surface area contributed by atoms with Gasteiger partial charge in [-0.05, 0) is 99.6 Å². The SMILES string of the molecule is c1ccc(-c2ccc3c(c2)oc2c(-c4ccccc4)ccc(N(c4ccc5sc6c(-c7ccccc7)ccc(-c7ccccc7)c6c5c4)c4cccc5oc6ccccc6c45)c23)cc1. The van der Waals surface area contributed by atoms with Gasteiger partial charge in [-0.3, -0.25) is 0 Å². The van der Waals surface area contributed by atoms with Crippen molar-refractivity contribution in [2.45, 2.75) is 0 Å². The number of thiophene rings is 1. The molecule has 64 heavy (non-hydrogen) atoms. The summed E-state index contributed by atoms with van der Waals surface area (Å²) in [5.41, 5.74) is 15.7. The predicted molar refractivity (Wildman–Crippen MR) is 270 cm³/mol. The van der Waals surface area contributed by atoms with Crippen molar-refractivity contribution in [2.24, 2.45) is 0 Å². The Bertz CT molecular complexity index is 3890. The zero-order chi connectivity index (χ0) is 42.1. The Morgan fingerprint density at radius 3 is 1.67 bits per heavy atom. The molecule has 13 rings (SSSR count). The highest BCUT2D eigenvalue weighted by molar-refractivity contribution is 7.26. The van der Waals surface area contributed by atoms with Crippen LogP contribution in [0.4, 0.5) is 17.1 Å². The highest BCUT2D eigenvalue weighted by atomic mass is 32.1. The molecule has 0 aliphatic rings. The van der Waals surface area contributed by atoms with E-state index < -0.39 is 0 Å². The maximum atomic E-state index is 7.10. The summed E-state index contributed by atoms with van der Waals surface area (Å²) in [4.78, 5) is 2.44. The van der Waals surface area contributed by atoms with E-state index >= 15 is 0 Å². The zero-order valence-electron chi connectivity index (χ0n) is 34.5. The van der Waals surface area contributed by atoms with Crippen molar-refractivity contribution in [3.63, 3.8) is 0 Å². The van der Waals surface area contributed by atoms with E-state index in [1.165, 1.54) is 42.4 Å². The van der Waals surface area contributed by atoms with Gasteiger partial charge in [0, 0.05) is 42.2 Å². The van der Waals surface area contributed by atoms with Crippen LogP contribution >= 0.6 is 11.3 Å². The van der Waals surface area contributed by atoms with Crippen molar-refractivity contribution in [3.8, 4) is 44.5 Å². The highest BCUT2D eigenvalue weighted by Gasteiger charge is 2.26. The highest BCUT2D eigenvalue weighted by Crippen LogP contribution is 2.51. The smallest absolute Gasteiger partial charge is 0.145 e. The number of anilines is 3. The van der Waals surface area contributed by atoms with Gasteiger partial charge in [0.25, 0.3) is 0 Å². The Kier molecular flexibility index (Phi) is 8.40. The molecule has 0 amide bonds. The van der Waals surface area contributed by atoms with Crippen LogP contribution in [-0.2, 0) is 0 Å². The first-order valence-corrected chi connectivity index (χ1v) is 22.5. The predicted octanol–water partition coefficient (Wildman–Crippen LogP) is 18.0. The van der Waals surface area contributed by atoms with Gasteiger partial charge in [0.1, 0.15) is 22.3 Å². The normalized spacial score (nSPS) is 11.8. The molecule has 0 fully saturated rings. The molecule has 0 aliphatic heterocycles. The van der Waals surface area contributed by atoms with Crippen LogP contribution in [0.15, 0.2) is 233 Å². The number of para-hydroxylation sites is 1. The summed E-state index contributed by atoms with van der Waals surface area (Å²) in [6, 6.07) is 80.2. The molecule has 4 heteroatoms. The van der Waals surface area contributed by atoms with Crippen molar-refractivity contribution in [3.05, 3.63) is 224 Å². The van der Waals surface area contributed by atoms with Crippen LogP contribution in [0.3, 0.4) is 0 Å². The summed E-state index contributed by atoms with van der Waals surface area (Å²) in [7, 11) is 0. The lowest BCUT2D eigenvalue weighted by Gasteiger charge is -2.27. The molecule has 0 saturated heterocycles. The van der Waals surface area contributed by atoms with Gasteiger partial charge in [-0.2, -0.15) is 0 Å². The molecule has 3 heterocycles. The van der Waals surface area contributed by atoms with Gasteiger partial charge in [-0.1, -0.05) is 164 Å². The molecule has 0 saturated carbocycles. The molecular weight excluding hydrogens is 799 g/mol. The molecule has 0 spiro atoms. The van der Waals surface area contributed by atoms with Crippen molar-refractivity contribution in [1.82, 2.24) is 0 Å².